The maximum atomic E-state index is 4.69. The first kappa shape index (κ1) is 14.6. The molecule has 19 heavy (non-hydrogen) atoms. The number of rotatable bonds is 5. The van der Waals surface area contributed by atoms with Gasteiger partial charge in [0.05, 0.1) is 0 Å². The van der Waals surface area contributed by atoms with Crippen LogP contribution in [0.2, 0.25) is 0 Å². The Kier molecular flexibility index (Phi) is 5.43. The van der Waals surface area contributed by atoms with Gasteiger partial charge in [-0.3, -0.25) is 0 Å². The monoisotopic (exact) mass is 326 g/mol. The zero-order valence-electron chi connectivity index (χ0n) is 11.8. The van der Waals surface area contributed by atoms with Gasteiger partial charge in [0.2, 0.25) is 5.95 Å². The standard InChI is InChI=1S/C14H23BrN4/c1-18(2)14-16-10-8-13(17-14)19(11-9-15)12-6-4-3-5-7-12/h8,10,12H,3-7,9,11H2,1-2H3. The summed E-state index contributed by atoms with van der Waals surface area (Å²) in [6.07, 6.45) is 8.50. The van der Waals surface area contributed by atoms with Crippen molar-refractivity contribution >= 4 is 27.7 Å². The normalized spacial score (nSPS) is 16.4. The first-order valence-corrected chi connectivity index (χ1v) is 8.17. The number of aromatic nitrogens is 2. The van der Waals surface area contributed by atoms with Crippen molar-refractivity contribution in [1.29, 1.82) is 0 Å². The molecule has 0 N–H and O–H groups in total. The lowest BCUT2D eigenvalue weighted by molar-refractivity contribution is 0.417. The quantitative estimate of drug-likeness (QED) is 0.778. The third-order valence-corrected chi connectivity index (χ3v) is 4.02. The first-order valence-electron chi connectivity index (χ1n) is 7.05. The van der Waals surface area contributed by atoms with E-state index in [1.807, 2.05) is 31.3 Å². The zero-order chi connectivity index (χ0) is 13.7. The smallest absolute Gasteiger partial charge is 0.226 e. The van der Waals surface area contributed by atoms with Crippen molar-refractivity contribution in [2.75, 3.05) is 35.8 Å². The topological polar surface area (TPSA) is 32.3 Å². The Morgan fingerprint density at radius 1 is 1.26 bits per heavy atom. The van der Waals surface area contributed by atoms with Gasteiger partial charge in [0.25, 0.3) is 0 Å². The fourth-order valence-corrected chi connectivity index (χ4v) is 3.06. The highest BCUT2D eigenvalue weighted by Gasteiger charge is 2.22. The summed E-state index contributed by atoms with van der Waals surface area (Å²) in [6, 6.07) is 2.67. The summed E-state index contributed by atoms with van der Waals surface area (Å²) in [5.41, 5.74) is 0. The fraction of sp³-hybridized carbons (Fsp3) is 0.714. The Bertz CT molecular complexity index is 391. The molecule has 1 aliphatic rings. The lowest BCUT2D eigenvalue weighted by Crippen LogP contribution is -2.39. The van der Waals surface area contributed by atoms with Gasteiger partial charge < -0.3 is 9.80 Å². The highest BCUT2D eigenvalue weighted by Crippen LogP contribution is 2.26. The molecule has 0 aromatic carbocycles. The van der Waals surface area contributed by atoms with Gasteiger partial charge in [0.15, 0.2) is 0 Å². The van der Waals surface area contributed by atoms with Crippen LogP contribution in [-0.4, -0.2) is 42.0 Å². The van der Waals surface area contributed by atoms with E-state index in [2.05, 4.69) is 30.8 Å². The Hall–Kier alpha value is -0.840. The third kappa shape index (κ3) is 3.81. The molecule has 4 nitrogen and oxygen atoms in total. The summed E-state index contributed by atoms with van der Waals surface area (Å²) in [5, 5.41) is 0.977. The van der Waals surface area contributed by atoms with Crippen molar-refractivity contribution in [3.8, 4) is 0 Å². The molecule has 0 spiro atoms. The van der Waals surface area contributed by atoms with E-state index in [-0.39, 0.29) is 0 Å². The summed E-state index contributed by atoms with van der Waals surface area (Å²) in [4.78, 5) is 13.4. The Labute approximate surface area is 124 Å². The van der Waals surface area contributed by atoms with Crippen molar-refractivity contribution in [2.45, 2.75) is 38.1 Å². The average Bonchev–Trinajstić information content (AvgIpc) is 2.46. The predicted molar refractivity (Wildman–Crippen MR) is 84.4 cm³/mol. The highest BCUT2D eigenvalue weighted by molar-refractivity contribution is 9.09. The number of hydrogen-bond acceptors (Lipinski definition) is 4. The van der Waals surface area contributed by atoms with Gasteiger partial charge in [0, 0.05) is 38.2 Å². The van der Waals surface area contributed by atoms with E-state index < -0.39 is 0 Å². The number of alkyl halides is 1. The third-order valence-electron chi connectivity index (χ3n) is 3.66. The largest absolute Gasteiger partial charge is 0.353 e. The van der Waals surface area contributed by atoms with E-state index >= 15 is 0 Å². The van der Waals surface area contributed by atoms with E-state index in [9.17, 15) is 0 Å². The Morgan fingerprint density at radius 2 is 2.00 bits per heavy atom. The van der Waals surface area contributed by atoms with Crippen molar-refractivity contribution in [2.24, 2.45) is 0 Å². The highest BCUT2D eigenvalue weighted by atomic mass is 79.9. The summed E-state index contributed by atoms with van der Waals surface area (Å²) in [7, 11) is 3.96. The van der Waals surface area contributed by atoms with Crippen LogP contribution in [0.4, 0.5) is 11.8 Å². The summed E-state index contributed by atoms with van der Waals surface area (Å²) >= 11 is 3.57. The van der Waals surface area contributed by atoms with Crippen molar-refractivity contribution in [3.63, 3.8) is 0 Å². The van der Waals surface area contributed by atoms with Gasteiger partial charge in [-0.1, -0.05) is 35.2 Å². The van der Waals surface area contributed by atoms with Gasteiger partial charge in [-0.15, -0.1) is 0 Å². The number of nitrogens with zero attached hydrogens (tertiary/aromatic N) is 4. The molecule has 0 atom stereocenters. The molecule has 1 aromatic rings. The van der Waals surface area contributed by atoms with Crippen LogP contribution >= 0.6 is 15.9 Å². The molecule has 0 radical (unpaired) electrons. The van der Waals surface area contributed by atoms with Gasteiger partial charge in [0.1, 0.15) is 5.82 Å². The minimum absolute atomic E-state index is 0.635. The summed E-state index contributed by atoms with van der Waals surface area (Å²) in [5.74, 6) is 1.85. The Morgan fingerprint density at radius 3 is 2.63 bits per heavy atom. The van der Waals surface area contributed by atoms with Crippen LogP contribution in [0, 0.1) is 0 Å². The molecule has 0 amide bonds. The SMILES string of the molecule is CN(C)c1nccc(N(CCBr)C2CCCCC2)n1. The van der Waals surface area contributed by atoms with E-state index in [1.54, 1.807) is 0 Å². The maximum absolute atomic E-state index is 4.69. The van der Waals surface area contributed by atoms with E-state index in [0.717, 1.165) is 23.6 Å². The van der Waals surface area contributed by atoms with Gasteiger partial charge in [-0.05, 0) is 18.9 Å². The molecule has 0 saturated heterocycles. The predicted octanol–water partition coefficient (Wildman–Crippen LogP) is 3.08. The molecule has 0 bridgehead atoms. The number of halogens is 1. The molecule has 0 unspecified atom stereocenters. The number of hydrogen-bond donors (Lipinski definition) is 0. The molecule has 1 fully saturated rings. The molecule has 2 rings (SSSR count). The first-order chi connectivity index (χ1) is 9.22. The molecular formula is C14H23BrN4. The lowest BCUT2D eigenvalue weighted by atomic mass is 9.94. The second kappa shape index (κ2) is 7.08. The van der Waals surface area contributed by atoms with Crippen LogP contribution in [0.25, 0.3) is 0 Å². The van der Waals surface area contributed by atoms with Crippen LogP contribution in [0.15, 0.2) is 12.3 Å². The molecule has 5 heteroatoms. The molecule has 106 valence electrons. The molecule has 0 aliphatic heterocycles. The second-order valence-corrected chi connectivity index (χ2v) is 6.08. The molecule has 1 saturated carbocycles. The Balaban J connectivity index is 2.19. The van der Waals surface area contributed by atoms with Crippen LogP contribution in [0.1, 0.15) is 32.1 Å². The summed E-state index contributed by atoms with van der Waals surface area (Å²) in [6.45, 7) is 1.01. The molecular weight excluding hydrogens is 304 g/mol. The van der Waals surface area contributed by atoms with Crippen molar-refractivity contribution in [1.82, 2.24) is 9.97 Å². The molecule has 1 aliphatic carbocycles. The fourth-order valence-electron chi connectivity index (χ4n) is 2.68. The van der Waals surface area contributed by atoms with Crippen LogP contribution < -0.4 is 9.80 Å². The van der Waals surface area contributed by atoms with E-state index in [1.165, 1.54) is 32.1 Å². The minimum atomic E-state index is 0.635. The van der Waals surface area contributed by atoms with Gasteiger partial charge >= 0.3 is 0 Å². The van der Waals surface area contributed by atoms with Gasteiger partial charge in [-0.2, -0.15) is 4.98 Å². The zero-order valence-corrected chi connectivity index (χ0v) is 13.4. The minimum Gasteiger partial charge on any atom is -0.353 e. The maximum Gasteiger partial charge on any atom is 0.226 e. The average molecular weight is 327 g/mol. The van der Waals surface area contributed by atoms with E-state index in [0.29, 0.717) is 6.04 Å². The van der Waals surface area contributed by atoms with Crippen molar-refractivity contribution < 1.29 is 0 Å². The number of anilines is 2. The second-order valence-electron chi connectivity index (χ2n) is 5.28. The van der Waals surface area contributed by atoms with Crippen molar-refractivity contribution in [3.05, 3.63) is 12.3 Å². The lowest BCUT2D eigenvalue weighted by Gasteiger charge is -2.35. The van der Waals surface area contributed by atoms with E-state index in [4.69, 9.17) is 0 Å². The van der Waals surface area contributed by atoms with Crippen LogP contribution in [0.3, 0.4) is 0 Å². The van der Waals surface area contributed by atoms with Crippen LogP contribution in [-0.2, 0) is 0 Å². The van der Waals surface area contributed by atoms with Crippen LogP contribution in [0.5, 0.6) is 0 Å². The molecule has 1 aromatic heterocycles. The molecule has 1 heterocycles. The summed E-state index contributed by atoms with van der Waals surface area (Å²) < 4.78 is 0. The van der Waals surface area contributed by atoms with Gasteiger partial charge in [-0.25, -0.2) is 4.98 Å².